The molecule has 3 atom stereocenters. The van der Waals surface area contributed by atoms with Crippen LogP contribution in [0.2, 0.25) is 0 Å². The third-order valence-electron chi connectivity index (χ3n) is 4.44. The molecule has 10 nitrogen and oxygen atoms in total. The summed E-state index contributed by atoms with van der Waals surface area (Å²) in [5.74, 6) is -3.04. The highest BCUT2D eigenvalue weighted by atomic mass is 16.4. The maximum atomic E-state index is 12.7. The van der Waals surface area contributed by atoms with E-state index in [4.69, 9.17) is 10.8 Å². The molecule has 0 saturated carbocycles. The minimum atomic E-state index is -1.10. The molecule has 0 aromatic carbocycles. The van der Waals surface area contributed by atoms with Gasteiger partial charge in [0.15, 0.2) is 0 Å². The Balaban J connectivity index is 2.07. The van der Waals surface area contributed by atoms with E-state index in [2.05, 4.69) is 10.6 Å². The van der Waals surface area contributed by atoms with Crippen molar-refractivity contribution >= 4 is 29.6 Å². The lowest BCUT2D eigenvalue weighted by molar-refractivity contribution is -0.142. The van der Waals surface area contributed by atoms with Gasteiger partial charge in [0.2, 0.25) is 23.6 Å². The number of aliphatic carboxylic acids is 1. The summed E-state index contributed by atoms with van der Waals surface area (Å²) in [7, 11) is 0. The molecule has 2 aliphatic heterocycles. The fourth-order valence-electron chi connectivity index (χ4n) is 3.13. The summed E-state index contributed by atoms with van der Waals surface area (Å²) in [6.45, 7) is 0.325. The number of carboxylic acids is 1. The van der Waals surface area contributed by atoms with Crippen LogP contribution in [0.4, 0.5) is 0 Å². The van der Waals surface area contributed by atoms with E-state index in [0.717, 1.165) is 0 Å². The first-order valence-electron chi connectivity index (χ1n) is 8.21. The summed E-state index contributed by atoms with van der Waals surface area (Å²) in [6.07, 6.45) is 1.17. The first-order chi connectivity index (χ1) is 11.8. The number of nitrogens with one attached hydrogen (secondary N) is 2. The molecule has 4 amide bonds. The minimum Gasteiger partial charge on any atom is -0.481 e. The molecule has 0 spiro atoms. The smallest absolute Gasteiger partial charge is 0.303 e. The zero-order valence-corrected chi connectivity index (χ0v) is 13.7. The molecule has 5 N–H and O–H groups in total. The summed E-state index contributed by atoms with van der Waals surface area (Å²) in [6, 6.07) is -2.57. The number of nitrogens with zero attached hydrogens (tertiary/aromatic N) is 1. The van der Waals surface area contributed by atoms with Crippen molar-refractivity contribution in [3.63, 3.8) is 0 Å². The van der Waals surface area contributed by atoms with E-state index in [0.29, 0.717) is 25.8 Å². The second-order valence-electron chi connectivity index (χ2n) is 6.24. The van der Waals surface area contributed by atoms with Crippen molar-refractivity contribution in [1.29, 1.82) is 0 Å². The molecule has 0 radical (unpaired) electrons. The molecule has 2 rings (SSSR count). The normalized spacial score (nSPS) is 23.8. The second kappa shape index (κ2) is 7.95. The van der Waals surface area contributed by atoms with Gasteiger partial charge in [0.05, 0.1) is 0 Å². The number of primary amides is 1. The van der Waals surface area contributed by atoms with Crippen LogP contribution in [0.3, 0.4) is 0 Å². The van der Waals surface area contributed by atoms with E-state index in [1.165, 1.54) is 4.90 Å². The van der Waals surface area contributed by atoms with Crippen LogP contribution in [0.5, 0.6) is 0 Å². The number of carboxylic acid groups (broad SMARTS) is 1. The van der Waals surface area contributed by atoms with E-state index in [1.807, 2.05) is 0 Å². The Labute approximate surface area is 144 Å². The monoisotopic (exact) mass is 354 g/mol. The quantitative estimate of drug-likeness (QED) is 0.417. The van der Waals surface area contributed by atoms with Crippen LogP contribution in [-0.4, -0.2) is 64.3 Å². The number of likely N-dealkylation sites (tertiary alicyclic amines) is 1. The Morgan fingerprint density at radius 1 is 1.32 bits per heavy atom. The van der Waals surface area contributed by atoms with E-state index < -0.39 is 41.8 Å². The molecule has 2 heterocycles. The van der Waals surface area contributed by atoms with Gasteiger partial charge in [0, 0.05) is 19.4 Å². The maximum Gasteiger partial charge on any atom is 0.303 e. The number of carbonyl (C=O) groups excluding carboxylic acids is 4. The summed E-state index contributed by atoms with van der Waals surface area (Å²) in [4.78, 5) is 59.8. The van der Waals surface area contributed by atoms with Crippen molar-refractivity contribution in [2.45, 2.75) is 56.7 Å². The molecule has 0 aliphatic carbocycles. The van der Waals surface area contributed by atoms with Crippen LogP contribution in [-0.2, 0) is 24.0 Å². The van der Waals surface area contributed by atoms with Crippen LogP contribution >= 0.6 is 0 Å². The standard InChI is InChI=1S/C15H22N4O6/c16-13(23)10-2-1-7-19(10)15(25)9(4-6-12(21)22)18-14(24)8-3-5-11(20)17-8/h8-10H,1-7H2,(H2,16,23)(H,17,20)(H,18,24)(H,21,22). The van der Waals surface area contributed by atoms with Gasteiger partial charge < -0.3 is 26.4 Å². The van der Waals surface area contributed by atoms with Crippen LogP contribution in [0.1, 0.15) is 38.5 Å². The Hall–Kier alpha value is -2.65. The van der Waals surface area contributed by atoms with Gasteiger partial charge in [-0.3, -0.25) is 24.0 Å². The Bertz CT molecular complexity index is 593. The lowest BCUT2D eigenvalue weighted by Crippen LogP contribution is -2.55. The SMILES string of the molecule is NC(=O)C1CCCN1C(=O)C(CCC(=O)O)NC(=O)C1CCC(=O)N1. The van der Waals surface area contributed by atoms with Gasteiger partial charge in [-0.05, 0) is 25.7 Å². The van der Waals surface area contributed by atoms with Crippen molar-refractivity contribution in [2.75, 3.05) is 6.54 Å². The molecular weight excluding hydrogens is 332 g/mol. The Kier molecular flexibility index (Phi) is 5.94. The molecule has 3 unspecified atom stereocenters. The number of hydrogen-bond acceptors (Lipinski definition) is 5. The molecule has 138 valence electrons. The predicted octanol–water partition coefficient (Wildman–Crippen LogP) is -1.91. The average Bonchev–Trinajstić information content (AvgIpc) is 3.19. The summed E-state index contributed by atoms with van der Waals surface area (Å²) >= 11 is 0. The highest BCUT2D eigenvalue weighted by Crippen LogP contribution is 2.19. The lowest BCUT2D eigenvalue weighted by atomic mass is 10.1. The highest BCUT2D eigenvalue weighted by molar-refractivity contribution is 5.95. The van der Waals surface area contributed by atoms with Gasteiger partial charge in [-0.15, -0.1) is 0 Å². The number of amides is 4. The third kappa shape index (κ3) is 4.68. The second-order valence-corrected chi connectivity index (χ2v) is 6.24. The van der Waals surface area contributed by atoms with Gasteiger partial charge in [-0.2, -0.15) is 0 Å². The summed E-state index contributed by atoms with van der Waals surface area (Å²) in [5, 5.41) is 13.9. The minimum absolute atomic E-state index is 0.109. The summed E-state index contributed by atoms with van der Waals surface area (Å²) in [5.41, 5.74) is 5.30. The van der Waals surface area contributed by atoms with E-state index in [-0.39, 0.29) is 25.2 Å². The van der Waals surface area contributed by atoms with E-state index >= 15 is 0 Å². The predicted molar refractivity (Wildman–Crippen MR) is 83.9 cm³/mol. The molecule has 25 heavy (non-hydrogen) atoms. The topological polar surface area (TPSA) is 159 Å². The average molecular weight is 354 g/mol. The number of carbonyl (C=O) groups is 5. The first-order valence-corrected chi connectivity index (χ1v) is 8.21. The zero-order chi connectivity index (χ0) is 18.6. The molecule has 2 aliphatic rings. The molecule has 2 saturated heterocycles. The highest BCUT2D eigenvalue weighted by Gasteiger charge is 2.38. The molecular formula is C15H22N4O6. The largest absolute Gasteiger partial charge is 0.481 e. The third-order valence-corrected chi connectivity index (χ3v) is 4.44. The van der Waals surface area contributed by atoms with E-state index in [1.54, 1.807) is 0 Å². The van der Waals surface area contributed by atoms with Gasteiger partial charge >= 0.3 is 5.97 Å². The molecule has 0 aromatic rings. The fourth-order valence-corrected chi connectivity index (χ4v) is 3.13. The van der Waals surface area contributed by atoms with Gasteiger partial charge in [0.1, 0.15) is 18.1 Å². The molecule has 2 fully saturated rings. The number of nitrogens with two attached hydrogens (primary N) is 1. The zero-order valence-electron chi connectivity index (χ0n) is 13.7. The van der Waals surface area contributed by atoms with Crippen molar-refractivity contribution in [2.24, 2.45) is 5.73 Å². The van der Waals surface area contributed by atoms with Gasteiger partial charge in [-0.25, -0.2) is 0 Å². The van der Waals surface area contributed by atoms with Crippen LogP contribution in [0.25, 0.3) is 0 Å². The Morgan fingerprint density at radius 3 is 2.60 bits per heavy atom. The van der Waals surface area contributed by atoms with Gasteiger partial charge in [0.25, 0.3) is 0 Å². The van der Waals surface area contributed by atoms with Crippen LogP contribution in [0, 0.1) is 0 Å². The number of rotatable bonds is 7. The van der Waals surface area contributed by atoms with Crippen molar-refractivity contribution < 1.29 is 29.1 Å². The van der Waals surface area contributed by atoms with Crippen LogP contribution in [0.15, 0.2) is 0 Å². The lowest BCUT2D eigenvalue weighted by Gasteiger charge is -2.28. The van der Waals surface area contributed by atoms with Crippen molar-refractivity contribution in [1.82, 2.24) is 15.5 Å². The fraction of sp³-hybridized carbons (Fsp3) is 0.667. The Morgan fingerprint density at radius 2 is 2.04 bits per heavy atom. The first kappa shape index (κ1) is 18.7. The molecule has 10 heteroatoms. The van der Waals surface area contributed by atoms with Crippen molar-refractivity contribution in [3.05, 3.63) is 0 Å². The van der Waals surface area contributed by atoms with Crippen molar-refractivity contribution in [3.8, 4) is 0 Å². The van der Waals surface area contributed by atoms with Gasteiger partial charge in [-0.1, -0.05) is 0 Å². The van der Waals surface area contributed by atoms with Crippen LogP contribution < -0.4 is 16.4 Å². The summed E-state index contributed by atoms with van der Waals surface area (Å²) < 4.78 is 0. The number of hydrogen-bond donors (Lipinski definition) is 4. The van der Waals surface area contributed by atoms with E-state index in [9.17, 15) is 24.0 Å². The molecule has 0 aromatic heterocycles. The maximum absolute atomic E-state index is 12.7. The molecule has 0 bridgehead atoms.